The first kappa shape index (κ1) is 14.9. The number of amides is 1. The zero-order valence-electron chi connectivity index (χ0n) is 11.2. The fraction of sp³-hybridized carbons (Fsp3) is 0.385. The number of rotatable bonds is 4. The average Bonchev–Trinajstić information content (AvgIpc) is 2.27. The molecule has 1 aromatic carbocycles. The lowest BCUT2D eigenvalue weighted by molar-refractivity contribution is -0.127. The average molecular weight is 267 g/mol. The molecule has 5 nitrogen and oxygen atoms in total. The van der Waals surface area contributed by atoms with Gasteiger partial charge in [-0.05, 0) is 45.0 Å². The number of hydrogen-bond donors (Lipinski definition) is 2. The van der Waals surface area contributed by atoms with Crippen LogP contribution in [-0.4, -0.2) is 23.9 Å². The van der Waals surface area contributed by atoms with Crippen molar-refractivity contribution in [2.45, 2.75) is 26.3 Å². The van der Waals surface area contributed by atoms with Gasteiger partial charge in [0.2, 0.25) is 0 Å². The summed E-state index contributed by atoms with van der Waals surface area (Å²) in [5, 5.41) is 6.32. The molecule has 0 bridgehead atoms. The molecule has 0 aliphatic carbocycles. The number of halogens is 1. The first-order valence-corrected chi connectivity index (χ1v) is 5.80. The van der Waals surface area contributed by atoms with Crippen LogP contribution in [0.25, 0.3) is 0 Å². The summed E-state index contributed by atoms with van der Waals surface area (Å²) in [5.41, 5.74) is 5.83. The van der Waals surface area contributed by atoms with Gasteiger partial charge in [0.15, 0.2) is 12.4 Å². The normalized spacial score (nSPS) is 12.1. The quantitative estimate of drug-likeness (QED) is 0.491. The third-order valence-electron chi connectivity index (χ3n) is 2.01. The molecule has 6 heteroatoms. The number of hydrogen-bond acceptors (Lipinski definition) is 3. The molecule has 0 aliphatic heterocycles. The van der Waals surface area contributed by atoms with Crippen LogP contribution in [0.1, 0.15) is 26.3 Å². The molecular weight excluding hydrogens is 249 g/mol. The van der Waals surface area contributed by atoms with Gasteiger partial charge in [0.1, 0.15) is 5.82 Å². The van der Waals surface area contributed by atoms with Crippen molar-refractivity contribution in [3.05, 3.63) is 35.6 Å². The second-order valence-electron chi connectivity index (χ2n) is 5.06. The molecule has 0 fully saturated rings. The number of oxime groups is 1. The highest BCUT2D eigenvalue weighted by atomic mass is 19.1. The summed E-state index contributed by atoms with van der Waals surface area (Å²) >= 11 is 0. The Morgan fingerprint density at radius 2 is 1.95 bits per heavy atom. The molecule has 0 aliphatic rings. The Morgan fingerprint density at radius 1 is 1.37 bits per heavy atom. The van der Waals surface area contributed by atoms with Crippen LogP contribution in [-0.2, 0) is 9.63 Å². The monoisotopic (exact) mass is 267 g/mol. The molecular formula is C13H18FN3O2. The van der Waals surface area contributed by atoms with E-state index in [1.165, 1.54) is 24.3 Å². The van der Waals surface area contributed by atoms with Gasteiger partial charge in [-0.2, -0.15) is 0 Å². The molecule has 1 amide bonds. The van der Waals surface area contributed by atoms with Crippen molar-refractivity contribution in [3.8, 4) is 0 Å². The minimum Gasteiger partial charge on any atom is -0.384 e. The summed E-state index contributed by atoms with van der Waals surface area (Å²) in [6, 6.07) is 5.49. The van der Waals surface area contributed by atoms with E-state index in [4.69, 9.17) is 10.6 Å². The van der Waals surface area contributed by atoms with Gasteiger partial charge < -0.3 is 15.9 Å². The lowest BCUT2D eigenvalue weighted by atomic mass is 10.1. The van der Waals surface area contributed by atoms with Gasteiger partial charge in [0.25, 0.3) is 5.91 Å². The number of carbonyl (C=O) groups excluding carboxylic acids is 1. The van der Waals surface area contributed by atoms with Crippen LogP contribution in [0, 0.1) is 5.82 Å². The largest absolute Gasteiger partial charge is 0.384 e. The Balaban J connectivity index is 2.48. The van der Waals surface area contributed by atoms with Crippen molar-refractivity contribution < 1.29 is 14.0 Å². The summed E-state index contributed by atoms with van der Waals surface area (Å²) in [4.78, 5) is 16.3. The van der Waals surface area contributed by atoms with Gasteiger partial charge in [0, 0.05) is 11.1 Å². The number of nitrogens with zero attached hydrogens (tertiary/aromatic N) is 1. The van der Waals surface area contributed by atoms with Gasteiger partial charge >= 0.3 is 0 Å². The molecule has 0 spiro atoms. The maximum atomic E-state index is 12.7. The third-order valence-corrected chi connectivity index (χ3v) is 2.01. The van der Waals surface area contributed by atoms with Crippen LogP contribution in [0.3, 0.4) is 0 Å². The summed E-state index contributed by atoms with van der Waals surface area (Å²) < 4.78 is 12.7. The van der Waals surface area contributed by atoms with Gasteiger partial charge in [-0.15, -0.1) is 0 Å². The summed E-state index contributed by atoms with van der Waals surface area (Å²) in [7, 11) is 0. The molecule has 0 radical (unpaired) electrons. The van der Waals surface area contributed by atoms with E-state index >= 15 is 0 Å². The Hall–Kier alpha value is -2.11. The molecule has 1 aromatic rings. The van der Waals surface area contributed by atoms with Crippen molar-refractivity contribution in [2.75, 3.05) is 6.61 Å². The first-order valence-electron chi connectivity index (χ1n) is 5.80. The Morgan fingerprint density at radius 3 is 2.47 bits per heavy atom. The smallest absolute Gasteiger partial charge is 0.261 e. The molecule has 3 N–H and O–H groups in total. The minimum atomic E-state index is -0.359. The second kappa shape index (κ2) is 6.17. The van der Waals surface area contributed by atoms with E-state index in [2.05, 4.69) is 10.5 Å². The molecule has 1 rings (SSSR count). The highest BCUT2D eigenvalue weighted by Gasteiger charge is 2.13. The van der Waals surface area contributed by atoms with Crippen molar-refractivity contribution in [2.24, 2.45) is 10.9 Å². The number of nitrogens with one attached hydrogen (secondary N) is 1. The third kappa shape index (κ3) is 5.85. The van der Waals surface area contributed by atoms with Crippen LogP contribution in [0.15, 0.2) is 29.4 Å². The summed E-state index contributed by atoms with van der Waals surface area (Å²) in [6.45, 7) is 5.36. The van der Waals surface area contributed by atoms with Crippen LogP contribution in [0.4, 0.5) is 4.39 Å². The lowest BCUT2D eigenvalue weighted by Crippen LogP contribution is -2.42. The Bertz CT molecular complexity index is 464. The van der Waals surface area contributed by atoms with Crippen molar-refractivity contribution in [1.29, 1.82) is 0 Å². The van der Waals surface area contributed by atoms with Crippen LogP contribution < -0.4 is 11.1 Å². The van der Waals surface area contributed by atoms with E-state index in [1.807, 2.05) is 20.8 Å². The van der Waals surface area contributed by atoms with E-state index < -0.39 is 0 Å². The molecule has 0 saturated heterocycles. The highest BCUT2D eigenvalue weighted by molar-refractivity contribution is 5.97. The van der Waals surface area contributed by atoms with Gasteiger partial charge in [-0.25, -0.2) is 4.39 Å². The summed E-state index contributed by atoms with van der Waals surface area (Å²) in [6.07, 6.45) is 0. The summed E-state index contributed by atoms with van der Waals surface area (Å²) in [5.74, 6) is -0.561. The minimum absolute atomic E-state index is 0.0866. The molecule has 0 aromatic heterocycles. The highest BCUT2D eigenvalue weighted by Crippen LogP contribution is 2.02. The number of benzene rings is 1. The van der Waals surface area contributed by atoms with E-state index in [9.17, 15) is 9.18 Å². The maximum Gasteiger partial charge on any atom is 0.261 e. The zero-order valence-corrected chi connectivity index (χ0v) is 11.2. The SMILES string of the molecule is CC(C)(C)NC(=O)CO/N=C(\N)c1ccc(F)cc1. The lowest BCUT2D eigenvalue weighted by Gasteiger charge is -2.19. The van der Waals surface area contributed by atoms with Gasteiger partial charge in [0.05, 0.1) is 0 Å². The fourth-order valence-electron chi connectivity index (χ4n) is 1.29. The molecule has 0 saturated carbocycles. The molecule has 0 atom stereocenters. The standard InChI is InChI=1S/C13H18FN3O2/c1-13(2,3)16-11(18)8-19-17-12(15)9-4-6-10(14)7-5-9/h4-7H,8H2,1-3H3,(H2,15,17)(H,16,18). The first-order chi connectivity index (χ1) is 8.78. The zero-order chi connectivity index (χ0) is 14.5. The van der Waals surface area contributed by atoms with E-state index in [0.717, 1.165) is 0 Å². The predicted octanol–water partition coefficient (Wildman–Crippen LogP) is 1.38. The van der Waals surface area contributed by atoms with E-state index in [0.29, 0.717) is 5.56 Å². The van der Waals surface area contributed by atoms with Crippen molar-refractivity contribution in [1.82, 2.24) is 5.32 Å². The van der Waals surface area contributed by atoms with Crippen molar-refractivity contribution in [3.63, 3.8) is 0 Å². The molecule has 0 unspecified atom stereocenters. The molecule has 104 valence electrons. The fourth-order valence-corrected chi connectivity index (χ4v) is 1.29. The van der Waals surface area contributed by atoms with Crippen LogP contribution >= 0.6 is 0 Å². The van der Waals surface area contributed by atoms with Gasteiger partial charge in [-0.1, -0.05) is 5.16 Å². The molecule has 0 heterocycles. The number of carbonyl (C=O) groups is 1. The second-order valence-corrected chi connectivity index (χ2v) is 5.06. The topological polar surface area (TPSA) is 76.7 Å². The van der Waals surface area contributed by atoms with E-state index in [-0.39, 0.29) is 29.7 Å². The van der Waals surface area contributed by atoms with Crippen LogP contribution in [0.5, 0.6) is 0 Å². The predicted molar refractivity (Wildman–Crippen MR) is 71.0 cm³/mol. The maximum absolute atomic E-state index is 12.7. The Kier molecular flexibility index (Phi) is 4.86. The number of amidine groups is 1. The number of nitrogens with two attached hydrogens (primary N) is 1. The van der Waals surface area contributed by atoms with Crippen molar-refractivity contribution >= 4 is 11.7 Å². The van der Waals surface area contributed by atoms with Crippen LogP contribution in [0.2, 0.25) is 0 Å². The molecule has 19 heavy (non-hydrogen) atoms. The van der Waals surface area contributed by atoms with Gasteiger partial charge in [-0.3, -0.25) is 4.79 Å². The Labute approximate surface area is 111 Å². The van der Waals surface area contributed by atoms with E-state index in [1.54, 1.807) is 0 Å².